The minimum atomic E-state index is -0.271. The number of nitrogens with one attached hydrogen (secondary N) is 1. The van der Waals surface area contributed by atoms with Crippen LogP contribution in [0.4, 0.5) is 16.2 Å². The predicted molar refractivity (Wildman–Crippen MR) is 96.7 cm³/mol. The summed E-state index contributed by atoms with van der Waals surface area (Å²) in [5.41, 5.74) is 8.09. The topological polar surface area (TPSA) is 78.6 Å². The maximum Gasteiger partial charge on any atom is 0.321 e. The van der Waals surface area contributed by atoms with Crippen molar-refractivity contribution in [3.05, 3.63) is 35.7 Å². The van der Waals surface area contributed by atoms with E-state index in [1.807, 2.05) is 36.6 Å². The number of carbonyl (C=O) groups excluding carboxylic acids is 1. The van der Waals surface area contributed by atoms with Crippen LogP contribution in [-0.2, 0) is 0 Å². The molecule has 0 saturated heterocycles. The second-order valence-corrected chi connectivity index (χ2v) is 6.39. The van der Waals surface area contributed by atoms with E-state index in [4.69, 9.17) is 5.73 Å². The van der Waals surface area contributed by atoms with E-state index in [9.17, 15) is 9.90 Å². The lowest BCUT2D eigenvalue weighted by atomic mass is 10.1. The molecule has 124 valence electrons. The maximum atomic E-state index is 12.4. The van der Waals surface area contributed by atoms with Gasteiger partial charge >= 0.3 is 6.03 Å². The fraction of sp³-hybridized carbons (Fsp3) is 0.353. The molecule has 0 aliphatic carbocycles. The van der Waals surface area contributed by atoms with E-state index in [-0.39, 0.29) is 18.7 Å². The average molecular weight is 333 g/mol. The van der Waals surface area contributed by atoms with Crippen molar-refractivity contribution in [3.8, 4) is 10.4 Å². The molecule has 0 saturated carbocycles. The summed E-state index contributed by atoms with van der Waals surface area (Å²) in [5, 5.41) is 14.3. The van der Waals surface area contributed by atoms with Crippen molar-refractivity contribution in [2.24, 2.45) is 0 Å². The van der Waals surface area contributed by atoms with Crippen molar-refractivity contribution in [2.75, 3.05) is 24.7 Å². The van der Waals surface area contributed by atoms with Gasteiger partial charge < -0.3 is 21.1 Å². The monoisotopic (exact) mass is 333 g/mol. The molecule has 1 unspecified atom stereocenters. The second-order valence-electron chi connectivity index (χ2n) is 5.45. The van der Waals surface area contributed by atoms with Gasteiger partial charge in [-0.15, -0.1) is 11.3 Å². The zero-order valence-corrected chi connectivity index (χ0v) is 14.3. The van der Waals surface area contributed by atoms with Crippen LogP contribution in [0.25, 0.3) is 10.4 Å². The molecular weight excluding hydrogens is 310 g/mol. The van der Waals surface area contributed by atoms with Crippen molar-refractivity contribution in [1.82, 2.24) is 4.90 Å². The first kappa shape index (κ1) is 17.3. The molecular formula is C17H23N3O2S. The number of amides is 2. The largest absolute Gasteiger partial charge is 0.397 e. The van der Waals surface area contributed by atoms with E-state index in [1.54, 1.807) is 24.5 Å². The molecule has 0 bridgehead atoms. The molecule has 0 aliphatic heterocycles. The number of benzene rings is 1. The molecule has 1 atom stereocenters. The number of likely N-dealkylation sites (N-methyl/N-ethyl adjacent to an activating group) is 1. The number of aliphatic hydroxyl groups is 1. The van der Waals surface area contributed by atoms with E-state index in [2.05, 4.69) is 5.32 Å². The average Bonchev–Trinajstić information content (AvgIpc) is 3.08. The smallest absolute Gasteiger partial charge is 0.321 e. The van der Waals surface area contributed by atoms with Gasteiger partial charge in [0.15, 0.2) is 0 Å². The summed E-state index contributed by atoms with van der Waals surface area (Å²) in [5.74, 6) is 0. The third kappa shape index (κ3) is 4.24. The number of carbonyl (C=O) groups is 1. The summed E-state index contributed by atoms with van der Waals surface area (Å²) in [7, 11) is 1.69. The Morgan fingerprint density at radius 3 is 2.83 bits per heavy atom. The van der Waals surface area contributed by atoms with Crippen molar-refractivity contribution >= 4 is 28.7 Å². The van der Waals surface area contributed by atoms with Crippen LogP contribution in [0, 0.1) is 0 Å². The Kier molecular flexibility index (Phi) is 6.01. The summed E-state index contributed by atoms with van der Waals surface area (Å²) in [6.45, 7) is 1.97. The standard InChI is InChI=1S/C17H23N3O2S/c1-3-5-13(11-21)20(2)17(22)19-15-10-12(7-8-14(15)18)16-6-4-9-23-16/h4,6-10,13,21H,3,5,11,18H2,1-2H3,(H,19,22). The molecule has 0 fully saturated rings. The molecule has 1 aromatic carbocycles. The molecule has 0 spiro atoms. The lowest BCUT2D eigenvalue weighted by Gasteiger charge is -2.26. The van der Waals surface area contributed by atoms with Crippen molar-refractivity contribution in [3.63, 3.8) is 0 Å². The lowest BCUT2D eigenvalue weighted by Crippen LogP contribution is -2.42. The number of thiophene rings is 1. The molecule has 6 heteroatoms. The molecule has 0 aliphatic rings. The Hall–Kier alpha value is -2.05. The molecule has 1 heterocycles. The van der Waals surface area contributed by atoms with Crippen LogP contribution in [-0.4, -0.2) is 35.7 Å². The number of anilines is 2. The minimum Gasteiger partial charge on any atom is -0.397 e. The molecule has 0 radical (unpaired) electrons. The number of nitrogens with two attached hydrogens (primary N) is 1. The highest BCUT2D eigenvalue weighted by Gasteiger charge is 2.19. The van der Waals surface area contributed by atoms with Gasteiger partial charge in [-0.25, -0.2) is 4.79 Å². The van der Waals surface area contributed by atoms with Crippen LogP contribution in [0.5, 0.6) is 0 Å². The number of nitrogens with zero attached hydrogens (tertiary/aromatic N) is 1. The first-order chi connectivity index (χ1) is 11.1. The quantitative estimate of drug-likeness (QED) is 0.706. The van der Waals surface area contributed by atoms with Gasteiger partial charge in [0.2, 0.25) is 0 Å². The number of aliphatic hydroxyl groups excluding tert-OH is 1. The second kappa shape index (κ2) is 7.99. The summed E-state index contributed by atoms with van der Waals surface area (Å²) < 4.78 is 0. The van der Waals surface area contributed by atoms with Crippen LogP contribution in [0.1, 0.15) is 19.8 Å². The Labute approximate surface area is 140 Å². The zero-order chi connectivity index (χ0) is 16.8. The molecule has 23 heavy (non-hydrogen) atoms. The Balaban J connectivity index is 2.15. The van der Waals surface area contributed by atoms with E-state index >= 15 is 0 Å². The van der Waals surface area contributed by atoms with Gasteiger partial charge in [-0.05, 0) is 35.6 Å². The highest BCUT2D eigenvalue weighted by atomic mass is 32.1. The fourth-order valence-corrected chi connectivity index (χ4v) is 3.09. The highest BCUT2D eigenvalue weighted by Crippen LogP contribution is 2.30. The maximum absolute atomic E-state index is 12.4. The van der Waals surface area contributed by atoms with E-state index in [1.165, 1.54) is 4.90 Å². The Morgan fingerprint density at radius 2 is 2.22 bits per heavy atom. The molecule has 2 amide bonds. The molecule has 2 rings (SSSR count). The number of nitrogen functional groups attached to an aromatic ring is 1. The van der Waals surface area contributed by atoms with E-state index in [0.717, 1.165) is 23.3 Å². The van der Waals surface area contributed by atoms with Gasteiger partial charge in [0, 0.05) is 11.9 Å². The van der Waals surface area contributed by atoms with Gasteiger partial charge in [0.25, 0.3) is 0 Å². The van der Waals surface area contributed by atoms with Gasteiger partial charge in [-0.1, -0.05) is 25.5 Å². The van der Waals surface area contributed by atoms with Crippen molar-refractivity contribution in [2.45, 2.75) is 25.8 Å². The number of hydrogen-bond acceptors (Lipinski definition) is 4. The molecule has 4 N–H and O–H groups in total. The molecule has 1 aromatic heterocycles. The molecule has 2 aromatic rings. The van der Waals surface area contributed by atoms with Gasteiger partial charge in [-0.3, -0.25) is 0 Å². The number of rotatable bonds is 6. The number of urea groups is 1. The number of hydrogen-bond donors (Lipinski definition) is 3. The third-order valence-electron chi connectivity index (χ3n) is 3.80. The fourth-order valence-electron chi connectivity index (χ4n) is 2.37. The summed E-state index contributed by atoms with van der Waals surface area (Å²) >= 11 is 1.63. The Bertz CT molecular complexity index is 643. The van der Waals surface area contributed by atoms with E-state index < -0.39 is 0 Å². The summed E-state index contributed by atoms with van der Waals surface area (Å²) in [6, 6.07) is 9.15. The summed E-state index contributed by atoms with van der Waals surface area (Å²) in [4.78, 5) is 15.0. The van der Waals surface area contributed by atoms with Gasteiger partial charge in [0.1, 0.15) is 0 Å². The minimum absolute atomic E-state index is 0.0531. The first-order valence-electron chi connectivity index (χ1n) is 7.64. The Morgan fingerprint density at radius 1 is 1.43 bits per heavy atom. The highest BCUT2D eigenvalue weighted by molar-refractivity contribution is 7.13. The van der Waals surface area contributed by atoms with Gasteiger partial charge in [0.05, 0.1) is 24.0 Å². The van der Waals surface area contributed by atoms with Crippen molar-refractivity contribution < 1.29 is 9.90 Å². The first-order valence-corrected chi connectivity index (χ1v) is 8.52. The lowest BCUT2D eigenvalue weighted by molar-refractivity contribution is 0.152. The molecule has 5 nitrogen and oxygen atoms in total. The van der Waals surface area contributed by atoms with Gasteiger partial charge in [-0.2, -0.15) is 0 Å². The normalized spacial score (nSPS) is 12.0. The van der Waals surface area contributed by atoms with E-state index in [0.29, 0.717) is 11.4 Å². The zero-order valence-electron chi connectivity index (χ0n) is 13.5. The SMILES string of the molecule is CCCC(CO)N(C)C(=O)Nc1cc(-c2cccs2)ccc1N. The predicted octanol–water partition coefficient (Wildman–Crippen LogP) is 3.62. The van der Waals surface area contributed by atoms with Crippen molar-refractivity contribution in [1.29, 1.82) is 0 Å². The van der Waals surface area contributed by atoms with Crippen LogP contribution < -0.4 is 11.1 Å². The van der Waals surface area contributed by atoms with Crippen LogP contribution in [0.2, 0.25) is 0 Å². The van der Waals surface area contributed by atoms with Crippen LogP contribution in [0.15, 0.2) is 35.7 Å². The van der Waals surface area contributed by atoms with Crippen LogP contribution >= 0.6 is 11.3 Å². The van der Waals surface area contributed by atoms with Crippen LogP contribution in [0.3, 0.4) is 0 Å². The summed E-state index contributed by atoms with van der Waals surface area (Å²) in [6.07, 6.45) is 1.66. The third-order valence-corrected chi connectivity index (χ3v) is 4.72.